The largest absolute Gasteiger partial charge is 0.444 e. The minimum atomic E-state index is -3.61. The van der Waals surface area contributed by atoms with Crippen LogP contribution in [0.5, 0.6) is 0 Å². The van der Waals surface area contributed by atoms with E-state index < -0.39 is 44.2 Å². The van der Waals surface area contributed by atoms with Crippen LogP contribution in [0.3, 0.4) is 0 Å². The standard InChI is InChI=1S/C34H37F2N3O5S.C2H6/c1-5-18-45(42,43)21-23-8-12-28(35)30(31(23)36)32(40)26-11-13-29-27(26)19-24(20-37-29)22-6-9-25(10-7-22)38-14-16-39(17-15-38)33(41)44-34(2,3)4;1-2/h6-12,19-20H,5,13-18,21H2,1-4H3;1-2H3. The fourth-order valence-electron chi connectivity index (χ4n) is 5.58. The van der Waals surface area contributed by atoms with Crippen molar-refractivity contribution in [3.05, 3.63) is 88.8 Å². The lowest BCUT2D eigenvalue weighted by atomic mass is 9.95. The topological polar surface area (TPSA) is 96.9 Å². The number of amides is 1. The highest BCUT2D eigenvalue weighted by Gasteiger charge is 2.30. The van der Waals surface area contributed by atoms with E-state index in [-0.39, 0.29) is 23.0 Å². The number of sulfone groups is 1. The van der Waals surface area contributed by atoms with Gasteiger partial charge in [0, 0.05) is 66.7 Å². The van der Waals surface area contributed by atoms with Crippen LogP contribution in [0.15, 0.2) is 54.7 Å². The smallest absolute Gasteiger partial charge is 0.410 e. The molecule has 3 aromatic rings. The Kier molecular flexibility index (Phi) is 11.2. The molecule has 2 aromatic carbocycles. The number of aromatic nitrogens is 1. The number of fused-ring (bicyclic) bond motifs is 1. The Balaban J connectivity index is 0.00000245. The third-order valence-electron chi connectivity index (χ3n) is 7.79. The van der Waals surface area contributed by atoms with Crippen LogP contribution in [0.4, 0.5) is 19.3 Å². The number of allylic oxidation sites excluding steroid dienone is 2. The normalized spacial score (nSPS) is 14.6. The third-order valence-corrected chi connectivity index (χ3v) is 9.57. The fourth-order valence-corrected chi connectivity index (χ4v) is 7.04. The van der Waals surface area contributed by atoms with E-state index in [1.165, 1.54) is 0 Å². The molecule has 0 bridgehead atoms. The number of rotatable bonds is 8. The summed E-state index contributed by atoms with van der Waals surface area (Å²) in [5.74, 6) is -3.79. The summed E-state index contributed by atoms with van der Waals surface area (Å²) in [7, 11) is -3.61. The first-order valence-electron chi connectivity index (χ1n) is 16.0. The lowest BCUT2D eigenvalue weighted by molar-refractivity contribution is 0.0240. The zero-order chi connectivity index (χ0) is 34.5. The molecule has 1 saturated heterocycles. The molecule has 11 heteroatoms. The lowest BCUT2D eigenvalue weighted by Gasteiger charge is -2.36. The van der Waals surface area contributed by atoms with E-state index >= 15 is 4.39 Å². The van der Waals surface area contributed by atoms with Crippen molar-refractivity contribution in [3.63, 3.8) is 0 Å². The Bertz CT molecular complexity index is 1760. The maximum absolute atomic E-state index is 15.4. The van der Waals surface area contributed by atoms with Crippen LogP contribution in [0, 0.1) is 11.6 Å². The molecule has 2 aliphatic rings. The highest BCUT2D eigenvalue weighted by Crippen LogP contribution is 2.34. The summed E-state index contributed by atoms with van der Waals surface area (Å²) in [6.45, 7) is 13.7. The SMILES string of the molecule is CC.CCCS(=O)(=O)Cc1ccc(F)c(C(=O)C2=CCc3ncc(-c4ccc(N5CCN(C(=O)OC(C)(C)C)CC5)cc4)cc32)c1F. The number of pyridine rings is 1. The van der Waals surface area contributed by atoms with Crippen LogP contribution in [-0.2, 0) is 26.7 Å². The van der Waals surface area contributed by atoms with Gasteiger partial charge in [-0.1, -0.05) is 45.0 Å². The number of halogens is 2. The van der Waals surface area contributed by atoms with Gasteiger partial charge in [-0.05, 0) is 57.0 Å². The van der Waals surface area contributed by atoms with Gasteiger partial charge in [0.25, 0.3) is 0 Å². The van der Waals surface area contributed by atoms with Crippen LogP contribution >= 0.6 is 0 Å². The molecule has 0 radical (unpaired) electrons. The lowest BCUT2D eigenvalue weighted by Crippen LogP contribution is -2.50. The number of hydrogen-bond donors (Lipinski definition) is 0. The Morgan fingerprint density at radius 3 is 2.23 bits per heavy atom. The number of piperazine rings is 1. The molecule has 0 N–H and O–H groups in total. The van der Waals surface area contributed by atoms with Gasteiger partial charge in [0.05, 0.1) is 22.8 Å². The number of Topliss-reactive ketones (excluding diaryl/α,β-unsaturated/α-hetero) is 1. The average Bonchev–Trinajstić information content (AvgIpc) is 3.46. The summed E-state index contributed by atoms with van der Waals surface area (Å²) >= 11 is 0. The van der Waals surface area contributed by atoms with Gasteiger partial charge in [0.1, 0.15) is 17.2 Å². The molecule has 1 aliphatic heterocycles. The van der Waals surface area contributed by atoms with Crippen LogP contribution in [0.1, 0.15) is 75.1 Å². The molecule has 252 valence electrons. The van der Waals surface area contributed by atoms with Crippen molar-refractivity contribution in [1.82, 2.24) is 9.88 Å². The molecule has 1 fully saturated rings. The fraction of sp³-hybridized carbons (Fsp3) is 0.417. The Morgan fingerprint density at radius 2 is 1.62 bits per heavy atom. The molecule has 0 saturated carbocycles. The van der Waals surface area contributed by atoms with Crippen molar-refractivity contribution in [2.24, 2.45) is 0 Å². The van der Waals surface area contributed by atoms with E-state index in [1.807, 2.05) is 58.9 Å². The number of anilines is 1. The molecule has 47 heavy (non-hydrogen) atoms. The second-order valence-corrected chi connectivity index (χ2v) is 14.5. The van der Waals surface area contributed by atoms with E-state index in [0.717, 1.165) is 28.9 Å². The number of carbonyl (C=O) groups excluding carboxylic acids is 2. The van der Waals surface area contributed by atoms with Crippen molar-refractivity contribution in [2.75, 3.05) is 36.8 Å². The molecule has 0 unspecified atom stereocenters. The van der Waals surface area contributed by atoms with E-state index in [2.05, 4.69) is 9.88 Å². The molecule has 0 atom stereocenters. The molecule has 5 rings (SSSR count). The Hall–Kier alpha value is -4.12. The van der Waals surface area contributed by atoms with Gasteiger partial charge >= 0.3 is 6.09 Å². The maximum Gasteiger partial charge on any atom is 0.410 e. The number of benzene rings is 2. The predicted octanol–water partition coefficient (Wildman–Crippen LogP) is 7.26. The molecule has 0 spiro atoms. The summed E-state index contributed by atoms with van der Waals surface area (Å²) in [5.41, 5.74) is 2.27. The molecule has 1 amide bonds. The minimum absolute atomic E-state index is 0.130. The molecular weight excluding hydrogens is 624 g/mol. The summed E-state index contributed by atoms with van der Waals surface area (Å²) in [6, 6.07) is 11.7. The third kappa shape index (κ3) is 8.43. The molecule has 1 aromatic heterocycles. The first-order chi connectivity index (χ1) is 22.3. The number of ether oxygens (including phenoxy) is 1. The van der Waals surface area contributed by atoms with Crippen molar-refractivity contribution in [2.45, 2.75) is 65.7 Å². The molecular formula is C36H43F2N3O5S. The summed E-state index contributed by atoms with van der Waals surface area (Å²) in [6.07, 6.45) is 3.69. The van der Waals surface area contributed by atoms with E-state index in [1.54, 1.807) is 30.2 Å². The quantitative estimate of drug-likeness (QED) is 0.233. The molecule has 1 aliphatic carbocycles. The zero-order valence-corrected chi connectivity index (χ0v) is 28.7. The van der Waals surface area contributed by atoms with Gasteiger partial charge < -0.3 is 14.5 Å². The van der Waals surface area contributed by atoms with E-state index in [9.17, 15) is 22.4 Å². The van der Waals surface area contributed by atoms with Crippen LogP contribution < -0.4 is 4.90 Å². The minimum Gasteiger partial charge on any atom is -0.444 e. The first kappa shape index (κ1) is 35.7. The van der Waals surface area contributed by atoms with E-state index in [4.69, 9.17) is 4.74 Å². The van der Waals surface area contributed by atoms with Gasteiger partial charge in [-0.25, -0.2) is 22.0 Å². The van der Waals surface area contributed by atoms with Gasteiger partial charge in [-0.15, -0.1) is 0 Å². The molecule has 2 heterocycles. The van der Waals surface area contributed by atoms with Crippen molar-refractivity contribution < 1.29 is 31.5 Å². The average molecular weight is 668 g/mol. The number of carbonyl (C=O) groups is 2. The Labute approximate surface area is 276 Å². The zero-order valence-electron chi connectivity index (χ0n) is 27.9. The maximum atomic E-state index is 15.4. The predicted molar refractivity (Wildman–Crippen MR) is 181 cm³/mol. The second kappa shape index (κ2) is 14.8. The summed E-state index contributed by atoms with van der Waals surface area (Å²) < 4.78 is 60.4. The second-order valence-electron chi connectivity index (χ2n) is 12.4. The number of ketones is 1. The number of nitrogens with zero attached hydrogens (tertiary/aromatic N) is 3. The van der Waals surface area contributed by atoms with E-state index in [0.29, 0.717) is 50.3 Å². The summed E-state index contributed by atoms with van der Waals surface area (Å²) in [5, 5.41) is 0. The van der Waals surface area contributed by atoms with Gasteiger partial charge in [0.2, 0.25) is 0 Å². The number of hydrogen-bond acceptors (Lipinski definition) is 7. The highest BCUT2D eigenvalue weighted by molar-refractivity contribution is 7.90. The van der Waals surface area contributed by atoms with Crippen molar-refractivity contribution >= 4 is 33.0 Å². The van der Waals surface area contributed by atoms with Crippen molar-refractivity contribution in [3.8, 4) is 11.1 Å². The van der Waals surface area contributed by atoms with Crippen LogP contribution in [0.25, 0.3) is 16.7 Å². The van der Waals surface area contributed by atoms with Crippen LogP contribution in [-0.4, -0.2) is 67.7 Å². The Morgan fingerprint density at radius 1 is 0.957 bits per heavy atom. The first-order valence-corrected chi connectivity index (χ1v) is 17.8. The monoisotopic (exact) mass is 667 g/mol. The van der Waals surface area contributed by atoms with Gasteiger partial charge in [-0.2, -0.15) is 0 Å². The van der Waals surface area contributed by atoms with Gasteiger partial charge in [0.15, 0.2) is 15.6 Å². The van der Waals surface area contributed by atoms with Gasteiger partial charge in [-0.3, -0.25) is 9.78 Å². The summed E-state index contributed by atoms with van der Waals surface area (Å²) in [4.78, 5) is 34.4. The highest BCUT2D eigenvalue weighted by atomic mass is 32.2. The molecule has 8 nitrogen and oxygen atoms in total. The van der Waals surface area contributed by atoms with Crippen LogP contribution in [0.2, 0.25) is 0 Å². The van der Waals surface area contributed by atoms with Crippen molar-refractivity contribution in [1.29, 1.82) is 0 Å².